The van der Waals surface area contributed by atoms with Gasteiger partial charge in [-0.3, -0.25) is 4.79 Å². The van der Waals surface area contributed by atoms with Crippen molar-refractivity contribution in [1.82, 2.24) is 15.2 Å². The van der Waals surface area contributed by atoms with E-state index in [2.05, 4.69) is 16.4 Å². The molecule has 2 heterocycles. The Balaban J connectivity index is 2.00. The predicted octanol–water partition coefficient (Wildman–Crippen LogP) is 1.37. The average Bonchev–Trinajstić information content (AvgIpc) is 2.65. The Hall–Kier alpha value is -2.82. The van der Waals surface area contributed by atoms with E-state index in [4.69, 9.17) is 4.74 Å². The fourth-order valence-corrected chi connectivity index (χ4v) is 2.88. The van der Waals surface area contributed by atoms with Crippen molar-refractivity contribution in [3.05, 3.63) is 23.9 Å². The van der Waals surface area contributed by atoms with Crippen LogP contribution in [0.5, 0.6) is 0 Å². The Morgan fingerprint density at radius 3 is 2.62 bits per heavy atom. The standard InChI is InChI=1S/C18H25N5O3/c1-4-26-18(25)21-15(13(2)3)17(24)23-10-8-22(9-11-23)16-14(12-19)6-5-7-20-16/h5-7,13,15H,4,8-11H2,1-3H3,(H,21,25). The third kappa shape index (κ3) is 4.63. The summed E-state index contributed by atoms with van der Waals surface area (Å²) < 4.78 is 4.89. The first-order chi connectivity index (χ1) is 12.5. The number of carbonyl (C=O) groups is 2. The van der Waals surface area contributed by atoms with Crippen LogP contribution in [0.1, 0.15) is 26.3 Å². The van der Waals surface area contributed by atoms with Crippen LogP contribution < -0.4 is 10.2 Å². The van der Waals surface area contributed by atoms with Gasteiger partial charge in [-0.2, -0.15) is 5.26 Å². The fraction of sp³-hybridized carbons (Fsp3) is 0.556. The van der Waals surface area contributed by atoms with Crippen molar-refractivity contribution in [1.29, 1.82) is 5.26 Å². The summed E-state index contributed by atoms with van der Waals surface area (Å²) in [5, 5.41) is 11.9. The van der Waals surface area contributed by atoms with Crippen molar-refractivity contribution in [2.75, 3.05) is 37.7 Å². The molecular formula is C18H25N5O3. The van der Waals surface area contributed by atoms with Crippen molar-refractivity contribution in [2.24, 2.45) is 5.92 Å². The average molecular weight is 359 g/mol. The van der Waals surface area contributed by atoms with Crippen LogP contribution in [-0.4, -0.2) is 60.7 Å². The molecule has 0 spiro atoms. The molecule has 1 N–H and O–H groups in total. The van der Waals surface area contributed by atoms with E-state index < -0.39 is 12.1 Å². The van der Waals surface area contributed by atoms with Gasteiger partial charge in [0.25, 0.3) is 0 Å². The Bertz CT molecular complexity index is 678. The van der Waals surface area contributed by atoms with E-state index in [-0.39, 0.29) is 18.4 Å². The number of hydrogen-bond donors (Lipinski definition) is 1. The van der Waals surface area contributed by atoms with E-state index in [1.807, 2.05) is 18.7 Å². The van der Waals surface area contributed by atoms with Crippen LogP contribution >= 0.6 is 0 Å². The van der Waals surface area contributed by atoms with Gasteiger partial charge >= 0.3 is 6.09 Å². The largest absolute Gasteiger partial charge is 0.450 e. The Labute approximate surface area is 153 Å². The maximum absolute atomic E-state index is 12.8. The lowest BCUT2D eigenvalue weighted by Gasteiger charge is -2.37. The lowest BCUT2D eigenvalue weighted by molar-refractivity contribution is -0.134. The van der Waals surface area contributed by atoms with Gasteiger partial charge in [-0.15, -0.1) is 0 Å². The summed E-state index contributed by atoms with van der Waals surface area (Å²) in [6, 6.07) is 4.99. The van der Waals surface area contributed by atoms with E-state index in [0.717, 1.165) is 0 Å². The Morgan fingerprint density at radius 2 is 2.04 bits per heavy atom. The zero-order valence-corrected chi connectivity index (χ0v) is 15.4. The molecule has 0 aromatic carbocycles. The van der Waals surface area contributed by atoms with Gasteiger partial charge < -0.3 is 19.9 Å². The second kappa shape index (κ2) is 9.04. The Morgan fingerprint density at radius 1 is 1.35 bits per heavy atom. The minimum atomic E-state index is -0.620. The SMILES string of the molecule is CCOC(=O)NC(C(=O)N1CCN(c2ncccc2C#N)CC1)C(C)C. The molecule has 2 rings (SSSR count). The number of nitrogens with one attached hydrogen (secondary N) is 1. The van der Waals surface area contributed by atoms with Crippen LogP contribution in [0.3, 0.4) is 0 Å². The molecule has 1 aliphatic rings. The zero-order chi connectivity index (χ0) is 19.1. The third-order valence-electron chi connectivity index (χ3n) is 4.28. The first-order valence-corrected chi connectivity index (χ1v) is 8.80. The van der Waals surface area contributed by atoms with Gasteiger partial charge in [-0.25, -0.2) is 9.78 Å². The molecule has 140 valence electrons. The van der Waals surface area contributed by atoms with Crippen molar-refractivity contribution < 1.29 is 14.3 Å². The van der Waals surface area contributed by atoms with Gasteiger partial charge in [-0.05, 0) is 25.0 Å². The monoisotopic (exact) mass is 359 g/mol. The summed E-state index contributed by atoms with van der Waals surface area (Å²) in [7, 11) is 0. The third-order valence-corrected chi connectivity index (χ3v) is 4.28. The molecule has 1 aromatic heterocycles. The second-order valence-electron chi connectivity index (χ2n) is 6.39. The molecule has 26 heavy (non-hydrogen) atoms. The molecule has 1 fully saturated rings. The fourth-order valence-electron chi connectivity index (χ4n) is 2.88. The molecular weight excluding hydrogens is 334 g/mol. The number of carbonyl (C=O) groups excluding carboxylic acids is 2. The molecule has 1 unspecified atom stereocenters. The molecule has 1 aromatic rings. The van der Waals surface area contributed by atoms with Crippen LogP contribution in [0.15, 0.2) is 18.3 Å². The highest BCUT2D eigenvalue weighted by Gasteiger charge is 2.31. The summed E-state index contributed by atoms with van der Waals surface area (Å²) in [5.74, 6) is 0.479. The highest BCUT2D eigenvalue weighted by Crippen LogP contribution is 2.19. The molecule has 1 saturated heterocycles. The molecule has 2 amide bonds. The number of nitriles is 1. The van der Waals surface area contributed by atoms with Gasteiger partial charge in [0.15, 0.2) is 0 Å². The number of anilines is 1. The summed E-state index contributed by atoms with van der Waals surface area (Å²) in [6.45, 7) is 7.94. The van der Waals surface area contributed by atoms with Crippen molar-refractivity contribution in [2.45, 2.75) is 26.8 Å². The summed E-state index contributed by atoms with van der Waals surface area (Å²) in [5.41, 5.74) is 0.524. The minimum absolute atomic E-state index is 0.0501. The topological polar surface area (TPSA) is 98.6 Å². The zero-order valence-electron chi connectivity index (χ0n) is 15.4. The molecule has 0 bridgehead atoms. The second-order valence-corrected chi connectivity index (χ2v) is 6.39. The first kappa shape index (κ1) is 19.5. The molecule has 0 radical (unpaired) electrons. The van der Waals surface area contributed by atoms with Crippen LogP contribution in [0.2, 0.25) is 0 Å². The van der Waals surface area contributed by atoms with E-state index in [1.54, 1.807) is 30.2 Å². The van der Waals surface area contributed by atoms with Crippen molar-refractivity contribution >= 4 is 17.8 Å². The van der Waals surface area contributed by atoms with Gasteiger partial charge in [0.1, 0.15) is 17.9 Å². The summed E-state index contributed by atoms with van der Waals surface area (Å²) in [6.07, 6.45) is 1.08. The van der Waals surface area contributed by atoms with Crippen LogP contribution in [0.4, 0.5) is 10.6 Å². The van der Waals surface area contributed by atoms with Crippen molar-refractivity contribution in [3.8, 4) is 6.07 Å². The number of amides is 2. The van der Waals surface area contributed by atoms with Gasteiger partial charge in [0.05, 0.1) is 12.2 Å². The Kier molecular flexibility index (Phi) is 6.78. The molecule has 0 saturated carbocycles. The lowest BCUT2D eigenvalue weighted by atomic mass is 10.0. The number of alkyl carbamates (subject to hydrolysis) is 1. The maximum atomic E-state index is 12.8. The van der Waals surface area contributed by atoms with E-state index in [1.165, 1.54) is 0 Å². The van der Waals surface area contributed by atoms with E-state index in [9.17, 15) is 14.9 Å². The van der Waals surface area contributed by atoms with Crippen LogP contribution in [0.25, 0.3) is 0 Å². The first-order valence-electron chi connectivity index (χ1n) is 8.80. The predicted molar refractivity (Wildman–Crippen MR) is 96.5 cm³/mol. The quantitative estimate of drug-likeness (QED) is 0.853. The van der Waals surface area contributed by atoms with Gasteiger partial charge in [0, 0.05) is 32.4 Å². The van der Waals surface area contributed by atoms with Gasteiger partial charge in [-0.1, -0.05) is 13.8 Å². The van der Waals surface area contributed by atoms with Crippen LogP contribution in [-0.2, 0) is 9.53 Å². The van der Waals surface area contributed by atoms with E-state index >= 15 is 0 Å². The summed E-state index contributed by atoms with van der Waals surface area (Å²) in [4.78, 5) is 32.6. The smallest absolute Gasteiger partial charge is 0.407 e. The van der Waals surface area contributed by atoms with E-state index in [0.29, 0.717) is 37.6 Å². The molecule has 8 heteroatoms. The number of ether oxygens (including phenoxy) is 1. The number of pyridine rings is 1. The number of hydrogen-bond acceptors (Lipinski definition) is 6. The maximum Gasteiger partial charge on any atom is 0.407 e. The molecule has 1 atom stereocenters. The molecule has 1 aliphatic heterocycles. The number of piperazine rings is 1. The highest BCUT2D eigenvalue weighted by molar-refractivity contribution is 5.86. The minimum Gasteiger partial charge on any atom is -0.450 e. The molecule has 8 nitrogen and oxygen atoms in total. The summed E-state index contributed by atoms with van der Waals surface area (Å²) >= 11 is 0. The number of rotatable bonds is 5. The number of aromatic nitrogens is 1. The lowest BCUT2D eigenvalue weighted by Crippen LogP contribution is -2.56. The number of nitrogens with zero attached hydrogens (tertiary/aromatic N) is 4. The van der Waals surface area contributed by atoms with Crippen LogP contribution in [0, 0.1) is 17.2 Å². The molecule has 0 aliphatic carbocycles. The normalized spacial score (nSPS) is 15.3. The van der Waals surface area contributed by atoms with Gasteiger partial charge in [0.2, 0.25) is 5.91 Å². The highest BCUT2D eigenvalue weighted by atomic mass is 16.5. The van der Waals surface area contributed by atoms with Crippen molar-refractivity contribution in [3.63, 3.8) is 0 Å².